The average molecular weight is 576 g/mol. The van der Waals surface area contributed by atoms with Gasteiger partial charge in [-0.2, -0.15) is 0 Å². The Labute approximate surface area is 242 Å². The Kier molecular flexibility index (Phi) is 7.93. The zero-order valence-electron chi connectivity index (χ0n) is 24.9. The first kappa shape index (κ1) is 30.5. The number of unbranched alkanes of at least 4 members (excludes halogenated alkanes) is 4. The molecule has 0 radical (unpaired) electrons. The molecule has 228 valence electrons. The van der Waals surface area contributed by atoms with E-state index in [0.29, 0.717) is 37.8 Å². The molecule has 3 N–H and O–H groups in total. The summed E-state index contributed by atoms with van der Waals surface area (Å²) in [5.41, 5.74) is 0.643. The summed E-state index contributed by atoms with van der Waals surface area (Å²) in [6.45, 7) is 7.37. The van der Waals surface area contributed by atoms with Gasteiger partial charge in [0.05, 0.1) is 12.2 Å². The lowest BCUT2D eigenvalue weighted by Crippen LogP contribution is -2.70. The van der Waals surface area contributed by atoms with Crippen LogP contribution in [0.1, 0.15) is 91.9 Å². The Bertz CT molecular complexity index is 1150. The highest BCUT2D eigenvalue weighted by atomic mass is 19.1. The van der Waals surface area contributed by atoms with Crippen molar-refractivity contribution < 1.29 is 38.1 Å². The van der Waals surface area contributed by atoms with E-state index in [9.17, 15) is 19.5 Å². The third-order valence-electron chi connectivity index (χ3n) is 11.0. The number of hydrogen-bond acceptors (Lipinski definition) is 8. The second kappa shape index (κ2) is 10.6. The SMILES string of the molecule is CC1(C)O[C@@H]2C[C@H]3[C@@H]4CCC5=CC(=O)C=C[C@]5(C)[C@@]4(F)[C@@H](O)C[C@]3(C)[C@]2(C(=O)COC(=O)CCCCCCCN)O1. The molecule has 0 aromatic carbocycles. The number of fused-ring (bicyclic) bond motifs is 7. The molecule has 0 aromatic heterocycles. The Morgan fingerprint density at radius 2 is 1.83 bits per heavy atom. The smallest absolute Gasteiger partial charge is 0.306 e. The van der Waals surface area contributed by atoms with Crippen molar-refractivity contribution in [2.45, 2.75) is 121 Å². The van der Waals surface area contributed by atoms with Crippen LogP contribution in [0.5, 0.6) is 0 Å². The Balaban J connectivity index is 1.37. The maximum Gasteiger partial charge on any atom is 0.306 e. The summed E-state index contributed by atoms with van der Waals surface area (Å²) in [7, 11) is 0. The van der Waals surface area contributed by atoms with E-state index >= 15 is 4.39 Å². The van der Waals surface area contributed by atoms with E-state index in [-0.39, 0.29) is 24.5 Å². The Morgan fingerprint density at radius 3 is 2.56 bits per heavy atom. The fourth-order valence-corrected chi connectivity index (χ4v) is 9.08. The summed E-state index contributed by atoms with van der Waals surface area (Å²) in [5.74, 6) is -2.98. The summed E-state index contributed by atoms with van der Waals surface area (Å²) in [5, 5.41) is 11.7. The monoisotopic (exact) mass is 575 g/mol. The van der Waals surface area contributed by atoms with Gasteiger partial charge in [0.15, 0.2) is 29.4 Å². The number of carbonyl (C=O) groups is 3. The number of ketones is 2. The highest BCUT2D eigenvalue weighted by Crippen LogP contribution is 2.72. The number of aliphatic hydroxyl groups is 1. The number of carbonyl (C=O) groups excluding carboxylic acids is 3. The molecule has 0 bridgehead atoms. The number of ether oxygens (including phenoxy) is 3. The molecule has 5 rings (SSSR count). The van der Waals surface area contributed by atoms with Gasteiger partial charge in [-0.05, 0) is 83.9 Å². The summed E-state index contributed by atoms with van der Waals surface area (Å²) in [6, 6.07) is 0. The van der Waals surface area contributed by atoms with Crippen molar-refractivity contribution in [3.05, 3.63) is 23.8 Å². The van der Waals surface area contributed by atoms with Crippen LogP contribution in [0, 0.1) is 22.7 Å². The van der Waals surface area contributed by atoms with Gasteiger partial charge in [0.1, 0.15) is 0 Å². The van der Waals surface area contributed by atoms with E-state index < -0.39 is 64.4 Å². The minimum atomic E-state index is -2.02. The van der Waals surface area contributed by atoms with E-state index in [0.717, 1.165) is 25.7 Å². The average Bonchev–Trinajstić information content (AvgIpc) is 3.31. The lowest BCUT2D eigenvalue weighted by molar-refractivity contribution is -0.246. The summed E-state index contributed by atoms with van der Waals surface area (Å²) < 4.78 is 35.7. The first-order valence-electron chi connectivity index (χ1n) is 15.3. The van der Waals surface area contributed by atoms with Crippen LogP contribution in [-0.2, 0) is 28.6 Å². The van der Waals surface area contributed by atoms with Gasteiger partial charge in [-0.25, -0.2) is 4.39 Å². The van der Waals surface area contributed by atoms with Crippen LogP contribution in [-0.4, -0.2) is 65.1 Å². The molecule has 5 aliphatic rings. The lowest BCUT2D eigenvalue weighted by Gasteiger charge is -2.62. The maximum atomic E-state index is 17.5. The molecule has 0 unspecified atom stereocenters. The van der Waals surface area contributed by atoms with Crippen molar-refractivity contribution in [2.75, 3.05) is 13.2 Å². The van der Waals surface area contributed by atoms with Gasteiger partial charge in [-0.15, -0.1) is 0 Å². The van der Waals surface area contributed by atoms with E-state index in [1.165, 1.54) is 12.2 Å². The van der Waals surface area contributed by atoms with Gasteiger partial charge >= 0.3 is 5.97 Å². The van der Waals surface area contributed by atoms with Crippen molar-refractivity contribution in [3.8, 4) is 0 Å². The molecular formula is C32H46FNO7. The predicted octanol–water partition coefficient (Wildman–Crippen LogP) is 4.27. The molecule has 1 heterocycles. The predicted molar refractivity (Wildman–Crippen MR) is 149 cm³/mol. The van der Waals surface area contributed by atoms with Gasteiger partial charge in [0.25, 0.3) is 0 Å². The van der Waals surface area contributed by atoms with E-state index in [1.54, 1.807) is 26.8 Å². The number of rotatable bonds is 10. The number of aliphatic hydroxyl groups excluding tert-OH is 1. The van der Waals surface area contributed by atoms with Crippen LogP contribution in [0.3, 0.4) is 0 Å². The number of allylic oxidation sites excluding steroid dienone is 4. The van der Waals surface area contributed by atoms with Gasteiger partial charge in [-0.1, -0.05) is 37.8 Å². The first-order chi connectivity index (χ1) is 19.2. The van der Waals surface area contributed by atoms with Crippen LogP contribution in [0.4, 0.5) is 4.39 Å². The zero-order chi connectivity index (χ0) is 29.8. The second-order valence-corrected chi connectivity index (χ2v) is 13.7. The van der Waals surface area contributed by atoms with Crippen LogP contribution in [0.15, 0.2) is 23.8 Å². The fraction of sp³-hybridized carbons (Fsp3) is 0.781. The van der Waals surface area contributed by atoms with E-state index in [4.69, 9.17) is 19.9 Å². The molecule has 1 aliphatic heterocycles. The zero-order valence-corrected chi connectivity index (χ0v) is 24.9. The van der Waals surface area contributed by atoms with Crippen LogP contribution in [0.2, 0.25) is 0 Å². The summed E-state index contributed by atoms with van der Waals surface area (Å²) in [4.78, 5) is 38.7. The quantitative estimate of drug-likeness (QED) is 0.292. The van der Waals surface area contributed by atoms with Crippen LogP contribution >= 0.6 is 0 Å². The molecular weight excluding hydrogens is 529 g/mol. The Morgan fingerprint density at radius 1 is 1.12 bits per heavy atom. The van der Waals surface area contributed by atoms with Gasteiger partial charge < -0.3 is 25.1 Å². The normalized spacial score (nSPS) is 42.1. The van der Waals surface area contributed by atoms with Gasteiger partial charge in [-0.3, -0.25) is 14.4 Å². The molecule has 41 heavy (non-hydrogen) atoms. The molecule has 4 aliphatic carbocycles. The van der Waals surface area contributed by atoms with Crippen molar-refractivity contribution in [1.29, 1.82) is 0 Å². The van der Waals surface area contributed by atoms with E-state index in [2.05, 4.69) is 0 Å². The Hall–Kier alpha value is -1.94. The molecule has 8 nitrogen and oxygen atoms in total. The van der Waals surface area contributed by atoms with E-state index in [1.807, 2.05) is 6.92 Å². The summed E-state index contributed by atoms with van der Waals surface area (Å²) in [6.07, 6.45) is 8.59. The van der Waals surface area contributed by atoms with Crippen molar-refractivity contribution in [1.82, 2.24) is 0 Å². The second-order valence-electron chi connectivity index (χ2n) is 13.7. The number of nitrogens with two attached hydrogens (primary N) is 1. The van der Waals surface area contributed by atoms with Crippen molar-refractivity contribution in [2.24, 2.45) is 28.4 Å². The van der Waals surface area contributed by atoms with Crippen molar-refractivity contribution >= 4 is 17.5 Å². The highest BCUT2D eigenvalue weighted by Gasteiger charge is 2.80. The molecule has 8 atom stereocenters. The first-order valence-corrected chi connectivity index (χ1v) is 15.3. The highest BCUT2D eigenvalue weighted by molar-refractivity contribution is 6.01. The summed E-state index contributed by atoms with van der Waals surface area (Å²) >= 11 is 0. The molecule has 0 aromatic rings. The number of esters is 1. The largest absolute Gasteiger partial charge is 0.458 e. The molecule has 1 saturated heterocycles. The third-order valence-corrected chi connectivity index (χ3v) is 11.0. The molecule has 3 saturated carbocycles. The molecule has 0 amide bonds. The lowest BCUT2D eigenvalue weighted by atomic mass is 9.44. The van der Waals surface area contributed by atoms with Crippen LogP contribution in [0.25, 0.3) is 0 Å². The number of halogens is 1. The van der Waals surface area contributed by atoms with Crippen molar-refractivity contribution in [3.63, 3.8) is 0 Å². The number of hydrogen-bond donors (Lipinski definition) is 2. The van der Waals surface area contributed by atoms with Gasteiger partial charge in [0.2, 0.25) is 5.78 Å². The minimum Gasteiger partial charge on any atom is -0.458 e. The molecule has 9 heteroatoms. The number of alkyl halides is 1. The maximum absolute atomic E-state index is 17.5. The van der Waals surface area contributed by atoms with Gasteiger partial charge in [0, 0.05) is 23.2 Å². The minimum absolute atomic E-state index is 0.0201. The fourth-order valence-electron chi connectivity index (χ4n) is 9.08. The van der Waals surface area contributed by atoms with Crippen LogP contribution < -0.4 is 5.73 Å². The molecule has 4 fully saturated rings. The standard InChI is InChI=1S/C32H46FNO7/c1-28(2)40-26-17-23-22-12-11-20-16-21(35)13-14-29(20,3)31(22,33)24(36)18-30(23,4)32(26,41-28)25(37)19-39-27(38)10-8-6-5-7-9-15-34/h13-14,16,22-24,26,36H,5-12,15,17-19,34H2,1-4H3/t22-,23-,24-,26+,29-,30-,31-,32+/m0/s1. The molecule has 0 spiro atoms. The third kappa shape index (κ3) is 4.57. The topological polar surface area (TPSA) is 125 Å². The number of Topliss-reactive ketones (excluding diaryl/α,β-unsaturated/α-hetero) is 1.